The number of aromatic nitrogens is 2. The molecule has 15 heteroatoms. The Bertz CT molecular complexity index is 1250. The van der Waals surface area contributed by atoms with Gasteiger partial charge in [0.05, 0.1) is 0 Å². The van der Waals surface area contributed by atoms with Gasteiger partial charge in [-0.1, -0.05) is 13.8 Å². The van der Waals surface area contributed by atoms with Gasteiger partial charge < -0.3 is 19.3 Å². The van der Waals surface area contributed by atoms with E-state index < -0.39 is 77.5 Å². The van der Waals surface area contributed by atoms with E-state index in [2.05, 4.69) is 0 Å². The van der Waals surface area contributed by atoms with E-state index in [0.717, 1.165) is 21.7 Å². The number of ether oxygens (including phenoxy) is 3. The van der Waals surface area contributed by atoms with Crippen molar-refractivity contribution in [3.63, 3.8) is 0 Å². The lowest BCUT2D eigenvalue weighted by atomic mass is 9.94. The van der Waals surface area contributed by atoms with Crippen LogP contribution in [0.25, 0.3) is 0 Å². The van der Waals surface area contributed by atoms with Crippen LogP contribution in [0.2, 0.25) is 0 Å². The van der Waals surface area contributed by atoms with E-state index in [9.17, 15) is 28.7 Å². The van der Waals surface area contributed by atoms with Gasteiger partial charge in [0.25, 0.3) is 5.56 Å². The van der Waals surface area contributed by atoms with E-state index in [-0.39, 0.29) is 5.92 Å². The molecule has 0 radical (unpaired) electrons. The van der Waals surface area contributed by atoms with E-state index in [1.807, 2.05) is 0 Å². The van der Waals surface area contributed by atoms with Crippen LogP contribution < -0.4 is 11.2 Å². The number of halogens is 1. The summed E-state index contributed by atoms with van der Waals surface area (Å²) in [4.78, 5) is 52.5. The van der Waals surface area contributed by atoms with E-state index >= 15 is 0 Å². The fraction of sp³-hybridized carbons (Fsp3) is 0.739. The SMILES string of the molecule is CC(C)C(C(=O)OCn1c(=O)ccn([C@@H]2O[C@]3(CF)C(O)[C@@]34OSO[C@@]24C)c1=O)N(C)C(=O)OC(C)(C)C. The zero-order valence-corrected chi connectivity index (χ0v) is 22.9. The van der Waals surface area contributed by atoms with Crippen LogP contribution in [-0.4, -0.2) is 79.5 Å². The van der Waals surface area contributed by atoms with E-state index in [0.29, 0.717) is 16.9 Å². The first-order valence-electron chi connectivity index (χ1n) is 12.0. The highest BCUT2D eigenvalue weighted by molar-refractivity contribution is 7.90. The molecule has 4 rings (SSSR count). The van der Waals surface area contributed by atoms with Crippen LogP contribution in [0, 0.1) is 5.92 Å². The summed E-state index contributed by atoms with van der Waals surface area (Å²) in [5, 5.41) is 10.4. The Morgan fingerprint density at radius 3 is 2.53 bits per heavy atom. The number of aliphatic hydroxyl groups excluding tert-OH is 1. The molecule has 3 aliphatic rings. The molecule has 0 bridgehead atoms. The Hall–Kier alpha value is -2.46. The second-order valence-electron chi connectivity index (χ2n) is 11.1. The van der Waals surface area contributed by atoms with Crippen LogP contribution in [0.4, 0.5) is 9.18 Å². The van der Waals surface area contributed by atoms with E-state index in [1.54, 1.807) is 34.6 Å². The number of alkyl halides is 1. The van der Waals surface area contributed by atoms with Gasteiger partial charge in [0, 0.05) is 19.3 Å². The number of carbonyl (C=O) groups is 2. The predicted octanol–water partition coefficient (Wildman–Crippen LogP) is 1.12. The van der Waals surface area contributed by atoms with Gasteiger partial charge in [0.2, 0.25) is 0 Å². The summed E-state index contributed by atoms with van der Waals surface area (Å²) in [6, 6.07) is -0.0187. The van der Waals surface area contributed by atoms with Gasteiger partial charge in [-0.3, -0.25) is 22.6 Å². The number of hydrogen-bond donors (Lipinski definition) is 1. The summed E-state index contributed by atoms with van der Waals surface area (Å²) in [6.45, 7) is 8.10. The molecule has 1 saturated carbocycles. The number of hydrogen-bond acceptors (Lipinski definition) is 11. The van der Waals surface area contributed by atoms with Crippen molar-refractivity contribution in [3.05, 3.63) is 33.1 Å². The van der Waals surface area contributed by atoms with Gasteiger partial charge in [-0.2, -0.15) is 0 Å². The molecule has 212 valence electrons. The largest absolute Gasteiger partial charge is 0.444 e. The lowest BCUT2D eigenvalue weighted by molar-refractivity contribution is -0.155. The van der Waals surface area contributed by atoms with Crippen LogP contribution in [-0.2, 0) is 34.1 Å². The molecule has 1 amide bonds. The summed E-state index contributed by atoms with van der Waals surface area (Å²) >= 11 is 0.561. The molecule has 3 heterocycles. The molecule has 1 aromatic rings. The zero-order valence-electron chi connectivity index (χ0n) is 22.1. The highest BCUT2D eigenvalue weighted by atomic mass is 32.2. The minimum Gasteiger partial charge on any atom is -0.444 e. The number of likely N-dealkylation sites (N-methyl/N-ethyl adjacent to an activating group) is 1. The first-order chi connectivity index (χ1) is 17.6. The number of rotatable bonds is 7. The molecule has 0 aromatic carbocycles. The molecule has 2 aliphatic heterocycles. The molecule has 1 aliphatic carbocycles. The molecule has 6 atom stereocenters. The maximum atomic E-state index is 14.0. The minimum atomic E-state index is -1.74. The lowest BCUT2D eigenvalue weighted by Crippen LogP contribution is -2.51. The van der Waals surface area contributed by atoms with Crippen molar-refractivity contribution in [1.29, 1.82) is 0 Å². The standard InChI is InChI=1S/C23H32FN3O10S/c1-12(2)14(25(7)19(32)35-20(3,4)5)15(29)33-11-27-13(28)8-9-26(18(27)31)17-21(6)23(37-38-36-21)16(30)22(23,10-24)34-17/h8-9,12,14,16-17,30H,10-11H2,1-7H3/t14?,16?,17-,21+,22-,23+/m1/s1. The lowest BCUT2D eigenvalue weighted by Gasteiger charge is -2.32. The van der Waals surface area contributed by atoms with Crippen LogP contribution in [0.1, 0.15) is 47.8 Å². The normalized spacial score (nSPS) is 32.5. The number of amides is 1. The highest BCUT2D eigenvalue weighted by Gasteiger charge is 2.96. The van der Waals surface area contributed by atoms with Gasteiger partial charge in [0.15, 0.2) is 42.1 Å². The Morgan fingerprint density at radius 1 is 1.29 bits per heavy atom. The summed E-state index contributed by atoms with van der Waals surface area (Å²) in [5.41, 5.74) is -7.26. The molecule has 1 N–H and O–H groups in total. The quantitative estimate of drug-likeness (QED) is 0.377. The van der Waals surface area contributed by atoms with Crippen molar-refractivity contribution in [2.75, 3.05) is 13.7 Å². The average molecular weight is 562 g/mol. The highest BCUT2D eigenvalue weighted by Crippen LogP contribution is 2.74. The molecular formula is C23H32FN3O10S. The fourth-order valence-corrected chi connectivity index (χ4v) is 6.02. The number of aliphatic hydroxyl groups is 1. The summed E-state index contributed by atoms with van der Waals surface area (Å²) in [6.07, 6.45) is -2.19. The number of esters is 1. The second kappa shape index (κ2) is 9.33. The monoisotopic (exact) mass is 561 g/mol. The van der Waals surface area contributed by atoms with Crippen LogP contribution in [0.5, 0.6) is 0 Å². The van der Waals surface area contributed by atoms with Gasteiger partial charge in [-0.15, -0.1) is 0 Å². The summed E-state index contributed by atoms with van der Waals surface area (Å²) in [5.74, 6) is -1.25. The minimum absolute atomic E-state index is 0.390. The molecule has 1 spiro atoms. The van der Waals surface area contributed by atoms with Crippen molar-refractivity contribution in [2.24, 2.45) is 5.92 Å². The second-order valence-corrected chi connectivity index (χ2v) is 11.6. The van der Waals surface area contributed by atoms with Gasteiger partial charge in [-0.05, 0) is 33.6 Å². The smallest absolute Gasteiger partial charge is 0.410 e. The Balaban J connectivity index is 1.57. The molecule has 1 aromatic heterocycles. The topological polar surface area (TPSA) is 148 Å². The first kappa shape index (κ1) is 28.5. The van der Waals surface area contributed by atoms with E-state index in [1.165, 1.54) is 14.0 Å². The number of nitrogens with zero attached hydrogens (tertiary/aromatic N) is 3. The van der Waals surface area contributed by atoms with Crippen molar-refractivity contribution in [2.45, 2.75) is 89.1 Å². The molecule has 2 unspecified atom stereocenters. The van der Waals surface area contributed by atoms with Crippen LogP contribution in [0.3, 0.4) is 0 Å². The zero-order chi connectivity index (χ0) is 28.4. The van der Waals surface area contributed by atoms with Crippen molar-refractivity contribution < 1.29 is 41.7 Å². The van der Waals surface area contributed by atoms with Gasteiger partial charge in [-0.25, -0.2) is 23.3 Å². The Morgan fingerprint density at radius 2 is 1.95 bits per heavy atom. The third-order valence-electron chi connectivity index (χ3n) is 7.13. The maximum absolute atomic E-state index is 14.0. The molecular weight excluding hydrogens is 529 g/mol. The molecule has 38 heavy (non-hydrogen) atoms. The van der Waals surface area contributed by atoms with Crippen molar-refractivity contribution in [3.8, 4) is 0 Å². The fourth-order valence-electron chi connectivity index (χ4n) is 5.14. The van der Waals surface area contributed by atoms with E-state index in [4.69, 9.17) is 22.6 Å². The molecule has 3 fully saturated rings. The third kappa shape index (κ3) is 3.97. The molecule has 13 nitrogen and oxygen atoms in total. The average Bonchev–Trinajstić information content (AvgIpc) is 3.03. The number of carbonyl (C=O) groups excluding carboxylic acids is 2. The van der Waals surface area contributed by atoms with Gasteiger partial charge in [0.1, 0.15) is 24.4 Å². The van der Waals surface area contributed by atoms with Crippen molar-refractivity contribution >= 4 is 24.4 Å². The summed E-state index contributed by atoms with van der Waals surface area (Å²) < 4.78 is 43.1. The Kier molecular flexibility index (Phi) is 7.01. The third-order valence-corrected chi connectivity index (χ3v) is 7.87. The maximum Gasteiger partial charge on any atom is 0.410 e. The van der Waals surface area contributed by atoms with Crippen LogP contribution in [0.15, 0.2) is 21.9 Å². The van der Waals surface area contributed by atoms with Crippen molar-refractivity contribution in [1.82, 2.24) is 14.0 Å². The Labute approximate surface area is 222 Å². The van der Waals surface area contributed by atoms with Gasteiger partial charge >= 0.3 is 17.8 Å². The first-order valence-corrected chi connectivity index (χ1v) is 12.6. The van der Waals surface area contributed by atoms with Crippen LogP contribution >= 0.6 is 12.3 Å². The predicted molar refractivity (Wildman–Crippen MR) is 129 cm³/mol. The summed E-state index contributed by atoms with van der Waals surface area (Å²) in [7, 11) is 1.39. The molecule has 2 saturated heterocycles.